The number of benzene rings is 6. The highest BCUT2D eigenvalue weighted by Gasteiger charge is 2.15. The normalized spacial score (nSPS) is 10.5. The van der Waals surface area contributed by atoms with E-state index in [0.717, 1.165) is 35.4 Å². The van der Waals surface area contributed by atoms with Gasteiger partial charge in [-0.3, -0.25) is 0 Å². The molecule has 0 saturated heterocycles. The highest BCUT2D eigenvalue weighted by molar-refractivity contribution is 5.92. The number of nitriles is 2. The first-order valence-electron chi connectivity index (χ1n) is 15.2. The van der Waals surface area contributed by atoms with E-state index in [-0.39, 0.29) is 56.0 Å². The second-order valence-electron chi connectivity index (χ2n) is 11.2. The van der Waals surface area contributed by atoms with Crippen molar-refractivity contribution in [3.05, 3.63) is 178 Å². The molecule has 248 valence electrons. The van der Waals surface area contributed by atoms with E-state index in [4.69, 9.17) is 20.0 Å². The zero-order valence-electron chi connectivity index (χ0n) is 26.3. The van der Waals surface area contributed by atoms with E-state index in [9.17, 15) is 27.2 Å². The van der Waals surface area contributed by atoms with Gasteiger partial charge in [0.05, 0.1) is 22.3 Å². The fourth-order valence-electron chi connectivity index (χ4n) is 5.22. The Morgan fingerprint density at radius 3 is 1.22 bits per heavy atom. The molecular weight excluding hydrogens is 660 g/mol. The van der Waals surface area contributed by atoms with Crippen LogP contribution in [0.1, 0.15) is 43.0 Å². The third kappa shape index (κ3) is 7.67. The van der Waals surface area contributed by atoms with E-state index >= 15 is 0 Å². The summed E-state index contributed by atoms with van der Waals surface area (Å²) in [6, 6.07) is 31.6. The molecule has 6 aromatic carbocycles. The third-order valence-electron chi connectivity index (χ3n) is 7.89. The van der Waals surface area contributed by atoms with Crippen molar-refractivity contribution in [2.45, 2.75) is 6.42 Å². The Labute approximate surface area is 289 Å². The molecule has 6 nitrogen and oxygen atoms in total. The SMILES string of the molecule is N#Cc1ccc(-c2ccc(OC(=O)c3ccc(Cc4ccc(C(=O)Oc5ccc(-c6ccc(C#N)c(F)c6)c(F)c5)cc4)cc3)cc2F)cc1F. The molecule has 0 aromatic heterocycles. The molecule has 0 heterocycles. The number of hydrogen-bond donors (Lipinski definition) is 0. The van der Waals surface area contributed by atoms with E-state index < -0.39 is 35.2 Å². The van der Waals surface area contributed by atoms with Gasteiger partial charge in [0.2, 0.25) is 0 Å². The van der Waals surface area contributed by atoms with Gasteiger partial charge in [-0.05, 0) is 101 Å². The smallest absolute Gasteiger partial charge is 0.343 e. The Morgan fingerprint density at radius 1 is 0.490 bits per heavy atom. The molecular formula is C41H22F4N2O4. The van der Waals surface area contributed by atoms with Crippen LogP contribution in [0.4, 0.5) is 17.6 Å². The maximum absolute atomic E-state index is 14.8. The number of carbonyl (C=O) groups excluding carboxylic acids is 2. The minimum Gasteiger partial charge on any atom is -0.423 e. The van der Waals surface area contributed by atoms with Crippen molar-refractivity contribution in [1.29, 1.82) is 10.5 Å². The topological polar surface area (TPSA) is 100 Å². The second kappa shape index (κ2) is 14.6. The zero-order valence-corrected chi connectivity index (χ0v) is 26.3. The van der Waals surface area contributed by atoms with Crippen molar-refractivity contribution < 1.29 is 36.6 Å². The van der Waals surface area contributed by atoms with E-state index in [1.807, 2.05) is 0 Å². The summed E-state index contributed by atoms with van der Waals surface area (Å²) in [7, 11) is 0. The zero-order chi connectivity index (χ0) is 36.1. The maximum Gasteiger partial charge on any atom is 0.343 e. The Morgan fingerprint density at radius 2 is 0.882 bits per heavy atom. The molecule has 0 N–H and O–H groups in total. The predicted molar refractivity (Wildman–Crippen MR) is 179 cm³/mol. The fourth-order valence-corrected chi connectivity index (χ4v) is 5.22. The fraction of sp³-hybridized carbons (Fsp3) is 0.0244. The molecule has 0 unspecified atom stereocenters. The maximum atomic E-state index is 14.8. The van der Waals surface area contributed by atoms with Crippen LogP contribution < -0.4 is 9.47 Å². The Kier molecular flexibility index (Phi) is 9.69. The average molecular weight is 683 g/mol. The number of halogens is 4. The van der Waals surface area contributed by atoms with Gasteiger partial charge in [-0.15, -0.1) is 0 Å². The molecule has 0 saturated carbocycles. The molecule has 0 atom stereocenters. The largest absolute Gasteiger partial charge is 0.423 e. The summed E-state index contributed by atoms with van der Waals surface area (Å²) in [4.78, 5) is 25.4. The lowest BCUT2D eigenvalue weighted by atomic mass is 10.0. The van der Waals surface area contributed by atoms with Gasteiger partial charge >= 0.3 is 11.9 Å². The molecule has 0 bridgehead atoms. The minimum atomic E-state index is -0.772. The first-order valence-corrected chi connectivity index (χ1v) is 15.2. The van der Waals surface area contributed by atoms with Crippen LogP contribution in [0.3, 0.4) is 0 Å². The highest BCUT2D eigenvalue weighted by atomic mass is 19.1. The predicted octanol–water partition coefficient (Wildman–Crippen LogP) is 9.35. The summed E-state index contributed by atoms with van der Waals surface area (Å²) < 4.78 is 68.3. The Balaban J connectivity index is 1.04. The molecule has 0 spiro atoms. The molecule has 0 aliphatic heterocycles. The van der Waals surface area contributed by atoms with Gasteiger partial charge in [0, 0.05) is 23.3 Å². The first-order chi connectivity index (χ1) is 24.6. The van der Waals surface area contributed by atoms with Crippen molar-refractivity contribution in [3.63, 3.8) is 0 Å². The van der Waals surface area contributed by atoms with Gasteiger partial charge < -0.3 is 9.47 Å². The summed E-state index contributed by atoms with van der Waals surface area (Å²) in [5.74, 6) is -4.51. The molecule has 0 aliphatic carbocycles. The molecule has 6 rings (SSSR count). The Bertz CT molecular complexity index is 2230. The highest BCUT2D eigenvalue weighted by Crippen LogP contribution is 2.30. The molecule has 0 aliphatic rings. The van der Waals surface area contributed by atoms with Crippen LogP contribution in [0.25, 0.3) is 22.3 Å². The molecule has 51 heavy (non-hydrogen) atoms. The van der Waals surface area contributed by atoms with Crippen molar-refractivity contribution in [3.8, 4) is 45.9 Å². The van der Waals surface area contributed by atoms with Gasteiger partial charge in [-0.25, -0.2) is 27.2 Å². The van der Waals surface area contributed by atoms with E-state index in [1.54, 1.807) is 60.7 Å². The number of carbonyl (C=O) groups is 2. The quantitative estimate of drug-likeness (QED) is 0.0901. The van der Waals surface area contributed by atoms with Gasteiger partial charge in [0.1, 0.15) is 46.9 Å². The van der Waals surface area contributed by atoms with Crippen molar-refractivity contribution in [2.75, 3.05) is 0 Å². The number of hydrogen-bond acceptors (Lipinski definition) is 6. The lowest BCUT2D eigenvalue weighted by molar-refractivity contribution is 0.0724. The average Bonchev–Trinajstić information content (AvgIpc) is 3.12. The molecule has 10 heteroatoms. The minimum absolute atomic E-state index is 0.0417. The van der Waals surface area contributed by atoms with Crippen molar-refractivity contribution in [2.24, 2.45) is 0 Å². The van der Waals surface area contributed by atoms with Crippen molar-refractivity contribution in [1.82, 2.24) is 0 Å². The number of ether oxygens (including phenoxy) is 2. The van der Waals surface area contributed by atoms with Crippen LogP contribution in [-0.4, -0.2) is 11.9 Å². The lowest BCUT2D eigenvalue weighted by Crippen LogP contribution is -2.09. The van der Waals surface area contributed by atoms with Crippen LogP contribution in [0, 0.1) is 45.9 Å². The second-order valence-corrected chi connectivity index (χ2v) is 11.2. The van der Waals surface area contributed by atoms with Crippen molar-refractivity contribution >= 4 is 11.9 Å². The number of esters is 2. The lowest BCUT2D eigenvalue weighted by Gasteiger charge is -2.09. The summed E-state index contributed by atoms with van der Waals surface area (Å²) >= 11 is 0. The summed E-state index contributed by atoms with van der Waals surface area (Å²) in [6.07, 6.45) is 0.468. The van der Waals surface area contributed by atoms with E-state index in [1.165, 1.54) is 48.5 Å². The third-order valence-corrected chi connectivity index (χ3v) is 7.89. The first kappa shape index (κ1) is 33.8. The standard InChI is InChI=1S/C41H22F4N2O4/c42-36-18-28(9-11-30(36)22-46)34-15-13-32(20-38(34)44)50-40(48)26-5-1-24(2-6-26)17-25-3-7-27(8-4-25)41(49)51-33-14-16-35(39(45)21-33)29-10-12-31(23-47)37(43)19-29/h1-16,18-21H,17H2. The van der Waals surface area contributed by atoms with Crippen LogP contribution in [0.2, 0.25) is 0 Å². The Hall–Kier alpha value is -7.04. The summed E-state index contributed by atoms with van der Waals surface area (Å²) in [6.45, 7) is 0. The molecule has 0 radical (unpaired) electrons. The monoisotopic (exact) mass is 682 g/mol. The molecule has 0 fully saturated rings. The van der Waals surface area contributed by atoms with Crippen LogP contribution in [0.15, 0.2) is 121 Å². The van der Waals surface area contributed by atoms with E-state index in [2.05, 4.69) is 0 Å². The van der Waals surface area contributed by atoms with Crippen LogP contribution >= 0.6 is 0 Å². The summed E-state index contributed by atoms with van der Waals surface area (Å²) in [5.41, 5.74) is 2.45. The molecule has 6 aromatic rings. The van der Waals surface area contributed by atoms with Crippen LogP contribution in [0.5, 0.6) is 11.5 Å². The van der Waals surface area contributed by atoms with E-state index in [0.29, 0.717) is 6.42 Å². The number of rotatable bonds is 8. The number of nitrogens with zero attached hydrogens (tertiary/aromatic N) is 2. The molecule has 0 amide bonds. The van der Waals surface area contributed by atoms with Gasteiger partial charge in [-0.1, -0.05) is 36.4 Å². The van der Waals surface area contributed by atoms with Gasteiger partial charge in [0.25, 0.3) is 0 Å². The van der Waals surface area contributed by atoms with Gasteiger partial charge in [0.15, 0.2) is 0 Å². The van der Waals surface area contributed by atoms with Gasteiger partial charge in [-0.2, -0.15) is 10.5 Å². The van der Waals surface area contributed by atoms with Crippen LogP contribution in [-0.2, 0) is 6.42 Å². The summed E-state index contributed by atoms with van der Waals surface area (Å²) in [5, 5.41) is 17.8.